The number of rotatable bonds is 8. The van der Waals surface area contributed by atoms with Crippen LogP contribution in [0.1, 0.15) is 33.6 Å². The zero-order valence-corrected chi connectivity index (χ0v) is 25.0. The third-order valence-electron chi connectivity index (χ3n) is 6.05. The molecule has 0 saturated carbocycles. The number of carbonyl (C=O) groups is 2. The zero-order chi connectivity index (χ0) is 31.3. The van der Waals surface area contributed by atoms with Crippen LogP contribution in [-0.4, -0.2) is 102 Å². The SMILES string of the molecule is O=C1OCCOCCOCCOCCOC(=O)c2c[n+](CCCS(=O)(=O)[O-])ccc2-c2cc[n+](CCCS(=O)(=O)[O-])cc21. The van der Waals surface area contributed by atoms with Crippen molar-refractivity contribution in [1.82, 2.24) is 0 Å². The molecule has 3 rings (SSSR count). The summed E-state index contributed by atoms with van der Waals surface area (Å²) in [5.41, 5.74) is 0.674. The van der Waals surface area contributed by atoms with E-state index in [0.717, 1.165) is 0 Å². The topological polar surface area (TPSA) is 202 Å². The van der Waals surface area contributed by atoms with E-state index in [0.29, 0.717) is 24.3 Å². The second kappa shape index (κ2) is 16.7. The van der Waals surface area contributed by atoms with Gasteiger partial charge in [0.15, 0.2) is 24.8 Å². The Balaban J connectivity index is 1.99. The Bertz CT molecular complexity index is 1350. The Hall–Kier alpha value is -3.06. The number of esters is 2. The Kier molecular flexibility index (Phi) is 13.4. The predicted molar refractivity (Wildman–Crippen MR) is 144 cm³/mol. The molecule has 3 heterocycles. The van der Waals surface area contributed by atoms with E-state index in [9.17, 15) is 35.5 Å². The highest BCUT2D eigenvalue weighted by atomic mass is 32.2. The summed E-state index contributed by atoms with van der Waals surface area (Å²) in [6.45, 7) is 1.36. The summed E-state index contributed by atoms with van der Waals surface area (Å²) >= 11 is 0. The zero-order valence-electron chi connectivity index (χ0n) is 23.4. The maximum atomic E-state index is 13.2. The average molecular weight is 647 g/mol. The van der Waals surface area contributed by atoms with Gasteiger partial charge in [-0.15, -0.1) is 0 Å². The molecular weight excluding hydrogens is 612 g/mol. The molecule has 43 heavy (non-hydrogen) atoms. The molecule has 0 spiro atoms. The summed E-state index contributed by atoms with van der Waals surface area (Å²) in [4.78, 5) is 26.5. The number of hydrogen-bond acceptors (Lipinski definition) is 13. The highest BCUT2D eigenvalue weighted by Crippen LogP contribution is 2.27. The number of pyridine rings is 2. The van der Waals surface area contributed by atoms with Crippen molar-refractivity contribution in [2.45, 2.75) is 25.9 Å². The van der Waals surface area contributed by atoms with Crippen molar-refractivity contribution < 1.29 is 68.3 Å². The molecule has 0 aromatic carbocycles. The number of carbonyl (C=O) groups excluding carboxylic acids is 2. The van der Waals surface area contributed by atoms with Gasteiger partial charge in [-0.25, -0.2) is 35.6 Å². The number of ether oxygens (including phenoxy) is 5. The smallest absolute Gasteiger partial charge is 0.344 e. The van der Waals surface area contributed by atoms with Gasteiger partial charge in [0.1, 0.15) is 37.4 Å². The van der Waals surface area contributed by atoms with E-state index in [-0.39, 0.29) is 76.7 Å². The van der Waals surface area contributed by atoms with Crippen LogP contribution in [0.2, 0.25) is 0 Å². The first-order valence-electron chi connectivity index (χ1n) is 13.4. The first-order valence-corrected chi connectivity index (χ1v) is 16.6. The molecular formula is C26H34N2O13S2. The molecule has 0 unspecified atom stereocenters. The largest absolute Gasteiger partial charge is 0.748 e. The van der Waals surface area contributed by atoms with Crippen LogP contribution < -0.4 is 9.13 Å². The van der Waals surface area contributed by atoms with Crippen LogP contribution in [0.4, 0.5) is 0 Å². The van der Waals surface area contributed by atoms with E-state index in [1.54, 1.807) is 24.5 Å². The number of nitrogens with zero attached hydrogens (tertiary/aromatic N) is 2. The van der Waals surface area contributed by atoms with E-state index in [4.69, 9.17) is 23.7 Å². The first-order chi connectivity index (χ1) is 20.4. The monoisotopic (exact) mass is 646 g/mol. The van der Waals surface area contributed by atoms with Crippen molar-refractivity contribution in [2.24, 2.45) is 0 Å². The standard InChI is InChI=1S/C26H34N2O13S2/c29-25-23-19-27(5-1-17-42(31,32)33)7-3-21(23)22-4-8-28(6-2-18-43(34,35)36)20-24(22)26(30)41-16-14-39-12-10-37-9-11-38-13-15-40-25/h3-4,7-8,19-20H,1-2,5-6,9-18H2. The van der Waals surface area contributed by atoms with Crippen molar-refractivity contribution in [3.8, 4) is 11.1 Å². The van der Waals surface area contributed by atoms with Crippen LogP contribution in [0, 0.1) is 0 Å². The van der Waals surface area contributed by atoms with Gasteiger partial charge >= 0.3 is 11.9 Å². The Morgan fingerprint density at radius 1 is 0.581 bits per heavy atom. The summed E-state index contributed by atoms with van der Waals surface area (Å²) in [5, 5.41) is 0. The summed E-state index contributed by atoms with van der Waals surface area (Å²) in [6, 6.07) is 3.09. The fourth-order valence-corrected chi connectivity index (χ4v) is 5.05. The van der Waals surface area contributed by atoms with Gasteiger partial charge in [-0.3, -0.25) is 0 Å². The van der Waals surface area contributed by atoms with Crippen molar-refractivity contribution in [2.75, 3.05) is 64.4 Å². The molecule has 0 fully saturated rings. The lowest BCUT2D eigenvalue weighted by Crippen LogP contribution is -2.36. The minimum atomic E-state index is -4.42. The van der Waals surface area contributed by atoms with Crippen LogP contribution in [-0.2, 0) is 57.0 Å². The minimum absolute atomic E-state index is 0.00428. The van der Waals surface area contributed by atoms with E-state index in [1.807, 2.05) is 0 Å². The Morgan fingerprint density at radius 3 is 1.28 bits per heavy atom. The van der Waals surface area contributed by atoms with E-state index < -0.39 is 43.7 Å². The fourth-order valence-electron chi connectivity index (χ4n) is 4.08. The molecule has 0 atom stereocenters. The molecule has 1 aliphatic rings. The molecule has 0 bridgehead atoms. The normalized spacial score (nSPS) is 16.5. The molecule has 15 nitrogen and oxygen atoms in total. The number of aryl methyl sites for hydroxylation is 2. The Morgan fingerprint density at radius 2 is 0.930 bits per heavy atom. The van der Waals surface area contributed by atoms with Gasteiger partial charge in [0.25, 0.3) is 0 Å². The van der Waals surface area contributed by atoms with Gasteiger partial charge in [0, 0.05) is 47.6 Å². The highest BCUT2D eigenvalue weighted by molar-refractivity contribution is 7.85. The van der Waals surface area contributed by atoms with Gasteiger partial charge in [0.2, 0.25) is 0 Å². The quantitative estimate of drug-likeness (QED) is 0.196. The lowest BCUT2D eigenvalue weighted by molar-refractivity contribution is -0.697. The lowest BCUT2D eigenvalue weighted by Gasteiger charge is -2.13. The van der Waals surface area contributed by atoms with E-state index in [2.05, 4.69) is 0 Å². The molecule has 238 valence electrons. The minimum Gasteiger partial charge on any atom is -0.748 e. The first kappa shape index (κ1) is 34.4. The van der Waals surface area contributed by atoms with E-state index >= 15 is 0 Å². The van der Waals surface area contributed by atoms with Crippen LogP contribution in [0.25, 0.3) is 11.1 Å². The molecule has 1 aliphatic heterocycles. The second-order valence-corrected chi connectivity index (χ2v) is 12.4. The third-order valence-corrected chi connectivity index (χ3v) is 7.63. The number of cyclic esters (lactones) is 2. The highest BCUT2D eigenvalue weighted by Gasteiger charge is 2.26. The van der Waals surface area contributed by atoms with Gasteiger partial charge in [0.05, 0.1) is 59.9 Å². The summed E-state index contributed by atoms with van der Waals surface area (Å²) in [7, 11) is -8.85. The molecule has 0 aliphatic carbocycles. The van der Waals surface area contributed by atoms with Gasteiger partial charge in [-0.2, -0.15) is 0 Å². The fraction of sp³-hybridized carbons (Fsp3) is 0.538. The maximum absolute atomic E-state index is 13.2. The van der Waals surface area contributed by atoms with Crippen LogP contribution in [0.5, 0.6) is 0 Å². The lowest BCUT2D eigenvalue weighted by atomic mass is 9.98. The second-order valence-electron chi connectivity index (χ2n) is 9.36. The van der Waals surface area contributed by atoms with Gasteiger partial charge < -0.3 is 32.8 Å². The summed E-state index contributed by atoms with van der Waals surface area (Å²) < 4.78 is 96.3. The van der Waals surface area contributed by atoms with Crippen molar-refractivity contribution in [3.05, 3.63) is 48.0 Å². The predicted octanol–water partition coefficient (Wildman–Crippen LogP) is -0.824. The van der Waals surface area contributed by atoms with Crippen LogP contribution >= 0.6 is 0 Å². The number of hydrogen-bond donors (Lipinski definition) is 0. The summed E-state index contributed by atoms with van der Waals surface area (Å²) in [6.07, 6.45) is 5.98. The molecule has 0 amide bonds. The molecule has 2 aromatic heterocycles. The molecule has 0 radical (unpaired) electrons. The van der Waals surface area contributed by atoms with Crippen molar-refractivity contribution in [1.29, 1.82) is 0 Å². The molecule has 0 saturated heterocycles. The van der Waals surface area contributed by atoms with Gasteiger partial charge in [-0.05, 0) is 0 Å². The van der Waals surface area contributed by atoms with Crippen LogP contribution in [0.3, 0.4) is 0 Å². The van der Waals surface area contributed by atoms with Crippen LogP contribution in [0.15, 0.2) is 36.9 Å². The molecule has 2 aromatic rings. The molecule has 0 N–H and O–H groups in total. The number of fused-ring (bicyclic) bond motifs is 3. The summed E-state index contributed by atoms with van der Waals surface area (Å²) in [5.74, 6) is -2.67. The molecule has 17 heteroatoms. The third kappa shape index (κ3) is 12.6. The van der Waals surface area contributed by atoms with Crippen molar-refractivity contribution in [3.63, 3.8) is 0 Å². The van der Waals surface area contributed by atoms with Gasteiger partial charge in [-0.1, -0.05) is 0 Å². The van der Waals surface area contributed by atoms with Crippen molar-refractivity contribution >= 4 is 32.2 Å². The number of aromatic nitrogens is 2. The average Bonchev–Trinajstić information content (AvgIpc) is 2.93. The Labute approximate surface area is 249 Å². The maximum Gasteiger partial charge on any atom is 0.344 e. The van der Waals surface area contributed by atoms with E-state index in [1.165, 1.54) is 21.5 Å².